The van der Waals surface area contributed by atoms with Crippen LogP contribution >= 0.6 is 11.3 Å². The predicted octanol–water partition coefficient (Wildman–Crippen LogP) is 5.45. The molecular weight excluding hydrogens is 456 g/mol. The van der Waals surface area contributed by atoms with Crippen LogP contribution in [0.25, 0.3) is 0 Å². The molecule has 0 aliphatic rings. The van der Waals surface area contributed by atoms with Gasteiger partial charge in [0.1, 0.15) is 20.5 Å². The minimum atomic E-state index is -4.03. The molecule has 1 aromatic heterocycles. The Morgan fingerprint density at radius 3 is 2.18 bits per heavy atom. The minimum absolute atomic E-state index is 0.0539. The molecule has 168 valence electrons. The van der Waals surface area contributed by atoms with Crippen LogP contribution in [-0.2, 0) is 9.84 Å². The molecule has 33 heavy (non-hydrogen) atoms. The summed E-state index contributed by atoms with van der Waals surface area (Å²) in [5.41, 5.74) is 8.41. The van der Waals surface area contributed by atoms with E-state index in [9.17, 15) is 13.2 Å². The summed E-state index contributed by atoms with van der Waals surface area (Å²) in [6, 6.07) is 22.2. The Morgan fingerprint density at radius 1 is 0.939 bits per heavy atom. The van der Waals surface area contributed by atoms with Crippen LogP contribution in [0.1, 0.15) is 20.8 Å². The van der Waals surface area contributed by atoms with Gasteiger partial charge in [-0.15, -0.1) is 11.3 Å². The maximum atomic E-state index is 13.6. The number of nitrogens with two attached hydrogens (primary N) is 1. The Labute approximate surface area is 196 Å². The number of para-hydroxylation sites is 1. The van der Waals surface area contributed by atoms with Crippen molar-refractivity contribution in [2.24, 2.45) is 0 Å². The summed E-state index contributed by atoms with van der Waals surface area (Å²) >= 11 is 1.03. The van der Waals surface area contributed by atoms with E-state index < -0.39 is 9.84 Å². The molecule has 3 N–H and O–H groups in total. The zero-order valence-electron chi connectivity index (χ0n) is 18.0. The predicted molar refractivity (Wildman–Crippen MR) is 132 cm³/mol. The Bertz CT molecular complexity index is 1390. The van der Waals surface area contributed by atoms with Gasteiger partial charge < -0.3 is 15.8 Å². The molecular formula is C25H22N2O4S2. The van der Waals surface area contributed by atoms with Gasteiger partial charge in [-0.05, 0) is 43.3 Å². The third-order valence-electron chi connectivity index (χ3n) is 5.09. The zero-order valence-corrected chi connectivity index (χ0v) is 19.7. The molecule has 0 saturated carbocycles. The number of benzene rings is 3. The fourth-order valence-electron chi connectivity index (χ4n) is 3.31. The number of nitrogen functional groups attached to an aromatic ring is 1. The monoisotopic (exact) mass is 478 g/mol. The van der Waals surface area contributed by atoms with Gasteiger partial charge >= 0.3 is 0 Å². The average molecular weight is 479 g/mol. The number of ketones is 1. The van der Waals surface area contributed by atoms with E-state index in [1.807, 2.05) is 37.3 Å². The molecule has 0 spiro atoms. The van der Waals surface area contributed by atoms with E-state index in [-0.39, 0.29) is 31.1 Å². The summed E-state index contributed by atoms with van der Waals surface area (Å²) < 4.78 is 32.4. The molecule has 4 rings (SSSR count). The number of thiophene rings is 1. The molecule has 0 amide bonds. The Morgan fingerprint density at radius 2 is 1.58 bits per heavy atom. The molecule has 0 unspecified atom stereocenters. The Hall–Kier alpha value is -3.62. The van der Waals surface area contributed by atoms with Crippen LogP contribution in [-0.4, -0.2) is 21.3 Å². The summed E-state index contributed by atoms with van der Waals surface area (Å²) in [5, 5.41) is 3.41. The fourth-order valence-corrected chi connectivity index (χ4v) is 6.24. The van der Waals surface area contributed by atoms with Crippen LogP contribution in [0.3, 0.4) is 0 Å². The van der Waals surface area contributed by atoms with Gasteiger partial charge in [0.25, 0.3) is 0 Å². The zero-order chi connectivity index (χ0) is 23.6. The van der Waals surface area contributed by atoms with Crippen molar-refractivity contribution in [1.82, 2.24) is 0 Å². The first kappa shape index (κ1) is 22.6. The van der Waals surface area contributed by atoms with Gasteiger partial charge in [0.2, 0.25) is 15.6 Å². The molecule has 6 nitrogen and oxygen atoms in total. The third kappa shape index (κ3) is 4.48. The van der Waals surface area contributed by atoms with E-state index in [0.29, 0.717) is 17.0 Å². The van der Waals surface area contributed by atoms with Crippen LogP contribution in [0.4, 0.5) is 16.4 Å². The number of aryl methyl sites for hydroxylation is 1. The molecule has 0 atom stereocenters. The lowest BCUT2D eigenvalue weighted by molar-refractivity contribution is 0.104. The quantitative estimate of drug-likeness (QED) is 0.343. The van der Waals surface area contributed by atoms with Crippen molar-refractivity contribution < 1.29 is 17.9 Å². The van der Waals surface area contributed by atoms with Crippen LogP contribution in [0.2, 0.25) is 0 Å². The van der Waals surface area contributed by atoms with Crippen molar-refractivity contribution >= 4 is 43.3 Å². The standard InChI is InChI=1S/C25H22N2O4S2/c1-16-8-10-17(11-9-16)22(28)23-21(26)24(25(32-23)27-18-6-4-3-5-7-18)33(29,30)20-14-12-19(31-2)13-15-20/h3-15,27H,26H2,1-2H3. The highest BCUT2D eigenvalue weighted by atomic mass is 32.2. The number of carbonyl (C=O) groups excluding carboxylic acids is 1. The Kier molecular flexibility index (Phi) is 6.22. The Balaban J connectivity index is 1.86. The molecule has 3 aromatic carbocycles. The van der Waals surface area contributed by atoms with Crippen LogP contribution < -0.4 is 15.8 Å². The van der Waals surface area contributed by atoms with Crippen molar-refractivity contribution in [1.29, 1.82) is 0 Å². The third-order valence-corrected chi connectivity index (χ3v) is 8.19. The van der Waals surface area contributed by atoms with Crippen LogP contribution in [0.5, 0.6) is 5.75 Å². The molecule has 0 radical (unpaired) electrons. The summed E-state index contributed by atoms with van der Waals surface area (Å²) in [6.45, 7) is 1.93. The van der Waals surface area contributed by atoms with Crippen LogP contribution in [0, 0.1) is 6.92 Å². The number of anilines is 3. The maximum Gasteiger partial charge on any atom is 0.211 e. The number of hydrogen-bond acceptors (Lipinski definition) is 7. The largest absolute Gasteiger partial charge is 0.497 e. The first-order chi connectivity index (χ1) is 15.8. The number of methoxy groups -OCH3 is 1. The van der Waals surface area contributed by atoms with E-state index in [1.54, 1.807) is 36.4 Å². The highest BCUT2D eigenvalue weighted by Gasteiger charge is 2.31. The van der Waals surface area contributed by atoms with E-state index in [2.05, 4.69) is 5.32 Å². The number of ether oxygens (including phenoxy) is 1. The second kappa shape index (κ2) is 9.09. The van der Waals surface area contributed by atoms with Gasteiger partial charge in [0, 0.05) is 11.3 Å². The molecule has 8 heteroatoms. The number of hydrogen-bond donors (Lipinski definition) is 2. The van der Waals surface area contributed by atoms with E-state index in [0.717, 1.165) is 16.9 Å². The lowest BCUT2D eigenvalue weighted by atomic mass is 10.1. The number of rotatable bonds is 7. The van der Waals surface area contributed by atoms with Gasteiger partial charge in [0.15, 0.2) is 0 Å². The summed E-state index contributed by atoms with van der Waals surface area (Å²) in [4.78, 5) is 13.3. The molecule has 0 saturated heterocycles. The van der Waals surface area contributed by atoms with Crippen molar-refractivity contribution in [2.75, 3.05) is 18.2 Å². The second-order valence-corrected chi connectivity index (χ2v) is 10.3. The van der Waals surface area contributed by atoms with E-state index >= 15 is 0 Å². The van der Waals surface area contributed by atoms with Crippen molar-refractivity contribution in [2.45, 2.75) is 16.7 Å². The molecule has 0 aliphatic heterocycles. The van der Waals surface area contributed by atoms with E-state index in [1.165, 1.54) is 19.2 Å². The maximum absolute atomic E-state index is 13.6. The van der Waals surface area contributed by atoms with Crippen molar-refractivity contribution in [3.8, 4) is 5.75 Å². The number of nitrogens with one attached hydrogen (secondary N) is 1. The molecule has 0 aliphatic carbocycles. The molecule has 0 bridgehead atoms. The topological polar surface area (TPSA) is 98.5 Å². The fraction of sp³-hybridized carbons (Fsp3) is 0.0800. The van der Waals surface area contributed by atoms with Gasteiger partial charge in [-0.3, -0.25) is 4.79 Å². The molecule has 1 heterocycles. The number of sulfone groups is 1. The minimum Gasteiger partial charge on any atom is -0.497 e. The average Bonchev–Trinajstić information content (AvgIpc) is 3.16. The first-order valence-electron chi connectivity index (χ1n) is 10.1. The van der Waals surface area contributed by atoms with E-state index in [4.69, 9.17) is 10.5 Å². The van der Waals surface area contributed by atoms with Gasteiger partial charge in [-0.2, -0.15) is 0 Å². The van der Waals surface area contributed by atoms with Crippen molar-refractivity contribution in [3.05, 3.63) is 94.9 Å². The molecule has 4 aromatic rings. The normalized spacial score (nSPS) is 11.2. The highest BCUT2D eigenvalue weighted by Crippen LogP contribution is 2.44. The first-order valence-corrected chi connectivity index (χ1v) is 12.4. The van der Waals surface area contributed by atoms with Gasteiger partial charge in [0.05, 0.1) is 17.7 Å². The lowest BCUT2D eigenvalue weighted by Crippen LogP contribution is -2.08. The van der Waals surface area contributed by atoms with Gasteiger partial charge in [-0.25, -0.2) is 8.42 Å². The smallest absolute Gasteiger partial charge is 0.211 e. The van der Waals surface area contributed by atoms with Crippen molar-refractivity contribution in [3.63, 3.8) is 0 Å². The lowest BCUT2D eigenvalue weighted by Gasteiger charge is -2.10. The van der Waals surface area contributed by atoms with Gasteiger partial charge in [-0.1, -0.05) is 48.0 Å². The van der Waals surface area contributed by atoms with Crippen LogP contribution in [0.15, 0.2) is 88.7 Å². The SMILES string of the molecule is COc1ccc(S(=O)(=O)c2c(Nc3ccccc3)sc(C(=O)c3ccc(C)cc3)c2N)cc1. The molecule has 0 fully saturated rings. The summed E-state index contributed by atoms with van der Waals surface area (Å²) in [7, 11) is -2.53. The highest BCUT2D eigenvalue weighted by molar-refractivity contribution is 7.92. The second-order valence-electron chi connectivity index (χ2n) is 7.37. The summed E-state index contributed by atoms with van der Waals surface area (Å²) in [6.07, 6.45) is 0. The summed E-state index contributed by atoms with van der Waals surface area (Å²) in [5.74, 6) is 0.204. The number of carbonyl (C=O) groups is 1.